The van der Waals surface area contributed by atoms with Gasteiger partial charge in [-0.15, -0.1) is 0 Å². The van der Waals surface area contributed by atoms with E-state index in [1.54, 1.807) is 94.5 Å². The number of aliphatic hydroxyl groups excluding tert-OH is 1. The number of rotatable bonds is 22. The third-order valence-corrected chi connectivity index (χ3v) is 22.6. The summed E-state index contributed by atoms with van der Waals surface area (Å²) in [4.78, 5) is 157. The summed E-state index contributed by atoms with van der Waals surface area (Å²) in [6.45, 7) is 1.45. The maximum atomic E-state index is 12.9. The van der Waals surface area contributed by atoms with Crippen molar-refractivity contribution in [2.75, 3.05) is 48.7 Å². The van der Waals surface area contributed by atoms with Crippen molar-refractivity contribution in [1.82, 2.24) is 39.9 Å². The van der Waals surface area contributed by atoms with Crippen molar-refractivity contribution in [3.8, 4) is 0 Å². The van der Waals surface area contributed by atoms with Crippen LogP contribution in [-0.4, -0.2) is 225 Å². The van der Waals surface area contributed by atoms with Crippen LogP contribution in [0.2, 0.25) is 0 Å². The van der Waals surface area contributed by atoms with Gasteiger partial charge in [0.05, 0.1) is 120 Å². The number of alkyl halides is 10. The van der Waals surface area contributed by atoms with Crippen molar-refractivity contribution in [2.45, 2.75) is 223 Å². The molecule has 0 radical (unpaired) electrons. The molecule has 5 aromatic carbocycles. The van der Waals surface area contributed by atoms with Gasteiger partial charge in [-0.25, -0.2) is 9.59 Å². The first kappa shape index (κ1) is 122. The third kappa shape index (κ3) is 41.4. The predicted octanol–water partition coefficient (Wildman–Crippen LogP) is 15.4. The number of nitrogens with zero attached hydrogens (tertiary/aromatic N) is 7. The number of ether oxygens (including phenoxy) is 6. The van der Waals surface area contributed by atoms with Crippen molar-refractivity contribution in [2.24, 2.45) is 17.2 Å². The van der Waals surface area contributed by atoms with E-state index < -0.39 is 155 Å². The number of carbonyl (C=O) groups is 12. The Balaban J connectivity index is 0.000000266. The molecule has 13 rings (SSSR count). The van der Waals surface area contributed by atoms with E-state index in [0.717, 1.165) is 42.0 Å². The molecule has 146 heavy (non-hydrogen) atoms. The summed E-state index contributed by atoms with van der Waals surface area (Å²) in [5.74, 6) is -9.34. The van der Waals surface area contributed by atoms with Gasteiger partial charge in [-0.3, -0.25) is 72.7 Å². The van der Waals surface area contributed by atoms with Crippen LogP contribution in [0.15, 0.2) is 207 Å². The molecular formula is C97H113CuF11IN14O21S. The topological polar surface area (TPSA) is 492 Å². The summed E-state index contributed by atoms with van der Waals surface area (Å²) in [6.07, 6.45) is 8.76. The molecule has 798 valence electrons. The number of pyridine rings is 3. The number of benzene rings is 5. The Bertz CT molecular complexity index is 5550. The second kappa shape index (κ2) is 59.2. The van der Waals surface area contributed by atoms with Crippen molar-refractivity contribution in [3.05, 3.63) is 252 Å². The van der Waals surface area contributed by atoms with Crippen LogP contribution in [0.3, 0.4) is 0 Å². The summed E-state index contributed by atoms with van der Waals surface area (Å²) in [7, 11) is -6.08. The summed E-state index contributed by atoms with van der Waals surface area (Å²) < 4.78 is 183. The average Bonchev–Trinajstić information content (AvgIpc) is 0.801. The first-order valence-corrected chi connectivity index (χ1v) is 49.3. The average molecular weight is 2240 g/mol. The van der Waals surface area contributed by atoms with Crippen LogP contribution in [0.25, 0.3) is 0 Å². The van der Waals surface area contributed by atoms with Gasteiger partial charge in [0.25, 0.3) is 5.91 Å². The molecule has 49 heteroatoms. The van der Waals surface area contributed by atoms with Crippen molar-refractivity contribution < 1.29 is 160 Å². The Morgan fingerprint density at radius 2 is 0.685 bits per heavy atom. The summed E-state index contributed by atoms with van der Waals surface area (Å²) >= 11 is 5.87. The quantitative estimate of drug-likeness (QED) is 0.0103. The van der Waals surface area contributed by atoms with Crippen LogP contribution < -0.4 is 38.5 Å². The number of likely N-dealkylation sites (tertiary alicyclic amines) is 4. The first-order valence-electron chi connectivity index (χ1n) is 44.9. The van der Waals surface area contributed by atoms with Crippen LogP contribution in [0.1, 0.15) is 209 Å². The molecule has 0 saturated carbocycles. The predicted molar refractivity (Wildman–Crippen MR) is 513 cm³/mol. The number of Topliss-reactive ketones (excluding diaryl/α,β-unsaturated/α-hetero) is 2. The number of nitrogens with two attached hydrogens (primary N) is 3. The van der Waals surface area contributed by atoms with Crippen molar-refractivity contribution in [1.29, 1.82) is 0 Å². The fourth-order valence-corrected chi connectivity index (χ4v) is 15.5. The number of aromatic nitrogens is 3. The molecule has 0 bridgehead atoms. The molecule has 35 nitrogen and oxygen atoms in total. The van der Waals surface area contributed by atoms with Crippen molar-refractivity contribution >= 4 is 119 Å². The van der Waals surface area contributed by atoms with E-state index in [4.69, 9.17) is 26.7 Å². The second-order valence-electron chi connectivity index (χ2n) is 34.8. The minimum absolute atomic E-state index is 0.0190. The number of ketones is 2. The SMILES string of the molecule is CC(=O)C(=O)Nc1cncc(C(N)=O)c1.CC(=O)C(F)(F)S(=O)(=O)F.CC(C)(C)OC(=O)N1CC(O)CCC1c1ccccc1.CC(C)(C)OC(=O)N1CC(OC(F)F)CCC1c1ccccc1.FC(F)OC1CCC(c2ccccc2)NC1.NC(=O)c1cncc(NC(=O)C(=O)N2C[C@H](OC(F)F)CC[C@@H]2c2ccccc2)c1.NC(=O)c1cncc(NC(=O)C(=O)N2C[C@H](OC(F)F)CC[C@H]2c2ccccc2)c1.[Cu][I]. The molecule has 8 heterocycles. The van der Waals surface area contributed by atoms with Gasteiger partial charge in [0, 0.05) is 58.1 Å². The summed E-state index contributed by atoms with van der Waals surface area (Å²) in [5, 5.41) is 15.2. The van der Waals surface area contributed by atoms with Gasteiger partial charge in [0.1, 0.15) is 11.2 Å². The van der Waals surface area contributed by atoms with E-state index in [1.165, 1.54) is 75.6 Å². The molecule has 5 saturated heterocycles. The zero-order chi connectivity index (χ0) is 109. The zero-order valence-corrected chi connectivity index (χ0v) is 84.0. The molecule has 10 atom stereocenters. The fraction of sp³-hybridized carbons (Fsp3) is 0.412. The molecule has 3 aromatic heterocycles. The minimum atomic E-state index is -6.08. The van der Waals surface area contributed by atoms with Gasteiger partial charge in [0.2, 0.25) is 29.3 Å². The number of halogens is 12. The Kier molecular flexibility index (Phi) is 49.5. The van der Waals surface area contributed by atoms with Crippen LogP contribution >= 0.6 is 20.3 Å². The van der Waals surface area contributed by atoms with Crippen LogP contribution in [0.4, 0.5) is 74.4 Å². The number of aliphatic hydroxyl groups is 1. The summed E-state index contributed by atoms with van der Waals surface area (Å²) in [6, 6.07) is 50.5. The van der Waals surface area contributed by atoms with E-state index >= 15 is 0 Å². The number of piperidine rings is 5. The van der Waals surface area contributed by atoms with Crippen LogP contribution in [0, 0.1) is 0 Å². The number of amides is 10. The summed E-state index contributed by atoms with van der Waals surface area (Å²) in [5.41, 5.74) is 19.8. The molecule has 5 aliphatic heterocycles. The standard InChI is InChI=1S/2C20H20F2N4O4.C17H23F2NO3.C16H23NO3.C12H15F2NO.C9H9N3O3.C3H3F3O3S.Cu.HI/c2*21-20(22)30-15-6-7-16(12-4-2-1-3-5-12)26(11-15)19(29)18(28)25-14-8-13(17(23)27)9-24-10-14;1-17(2,3)23-16(21)20-11-13(22-15(18)19)9-10-14(20)12-7-5-4-6-8-12;1-16(2,3)20-15(19)17-11-13(18)9-10-14(17)12-7-5-4-6-8-12;13-12(14)16-10-6-7-11(15-8-10)9-4-2-1-3-5-9;1-5(13)9(15)12-7-2-6(8(10)14)3-11-4-7;1-2(7)3(4,5)10(6,8)9;;/h2*1-5,8-10,15-16,20H,6-7,11H2,(H2,23,27)(H,25,28);4-8,13-15H,9-11H2,1-3H3;4-8,13-14,18H,9-11H2,1-3H3;1-5,10-12,15H,6-8H2;2-4H,1H3,(H2,10,14)(H,12,15);1H3;;1H/q;;;;;;;+1;/p-1/t15-,16+;15-,16-;;;;;;;/m11......./s1. The van der Waals surface area contributed by atoms with Crippen LogP contribution in [0.5, 0.6) is 0 Å². The van der Waals surface area contributed by atoms with Gasteiger partial charge >= 0.3 is 111 Å². The molecular weight excluding hydrogens is 2130 g/mol. The van der Waals surface area contributed by atoms with E-state index in [2.05, 4.69) is 67.9 Å². The first-order chi connectivity index (χ1) is 68.8. The van der Waals surface area contributed by atoms with Crippen LogP contribution in [-0.2, 0) is 85.0 Å². The molecule has 0 spiro atoms. The van der Waals surface area contributed by atoms with Gasteiger partial charge in [0.15, 0.2) is 0 Å². The molecule has 11 N–H and O–H groups in total. The maximum absolute atomic E-state index is 12.9. The van der Waals surface area contributed by atoms with E-state index in [-0.39, 0.29) is 90.6 Å². The van der Waals surface area contributed by atoms with Gasteiger partial charge < -0.3 is 81.8 Å². The number of nitrogens with one attached hydrogen (secondary N) is 4. The van der Waals surface area contributed by atoms with Gasteiger partial charge in [-0.1, -0.05) is 156 Å². The number of primary amides is 3. The Hall–Kier alpha value is -12.6. The molecule has 0 aliphatic carbocycles. The Morgan fingerprint density at radius 3 is 0.952 bits per heavy atom. The second-order valence-corrected chi connectivity index (χ2v) is 36.2. The van der Waals surface area contributed by atoms with Gasteiger partial charge in [-0.05, 0) is 152 Å². The molecule has 8 aromatic rings. The normalized spacial score (nSPS) is 19.2. The third-order valence-electron chi connectivity index (χ3n) is 21.7. The Morgan fingerprint density at radius 1 is 0.411 bits per heavy atom. The molecule has 6 unspecified atom stereocenters. The molecule has 10 amide bonds. The van der Waals surface area contributed by atoms with Gasteiger partial charge in [-0.2, -0.15) is 52.3 Å². The number of hydrogen-bond donors (Lipinski definition) is 8. The monoisotopic (exact) mass is 2240 g/mol. The number of carbonyl (C=O) groups excluding carboxylic acids is 12. The number of anilines is 3. The van der Waals surface area contributed by atoms with E-state index in [1.807, 2.05) is 124 Å². The molecule has 5 fully saturated rings. The number of β-amino-alcohol motifs (C(OH)–C–C–N with tert-alkyl or cyclic N) is 1. The fourth-order valence-electron chi connectivity index (χ4n) is 15.1. The Labute approximate surface area is 854 Å². The molecule has 5 aliphatic rings. The van der Waals surface area contributed by atoms with Crippen molar-refractivity contribution in [3.63, 3.8) is 0 Å². The zero-order valence-electron chi connectivity index (χ0n) is 80.0. The van der Waals surface area contributed by atoms with E-state index in [0.29, 0.717) is 64.5 Å². The van der Waals surface area contributed by atoms with E-state index in [9.17, 15) is 119 Å². The number of hydrogen-bond acceptors (Lipinski definition) is 25.